The van der Waals surface area contributed by atoms with E-state index in [9.17, 15) is 18.0 Å². The molecule has 1 heterocycles. The topological polar surface area (TPSA) is 80.8 Å². The van der Waals surface area contributed by atoms with Crippen molar-refractivity contribution in [1.82, 2.24) is 0 Å². The van der Waals surface area contributed by atoms with Gasteiger partial charge in [-0.1, -0.05) is 60.7 Å². The minimum Gasteiger partial charge on any atom is -0.454 e. The van der Waals surface area contributed by atoms with Gasteiger partial charge in [-0.25, -0.2) is 13.2 Å². The summed E-state index contributed by atoms with van der Waals surface area (Å²) in [5.41, 5.74) is 2.84. The molecule has 0 atom stereocenters. The molecule has 3 aromatic rings. The number of benzene rings is 3. The standard InChI is InChI=1S/C25H21NO5S/c27-24(21-7-2-1-3-8-21)18-31-25(28)15-12-19-10-13-22(14-11-19)32(29,30)26-17-16-20-6-4-5-9-23(20)26/h1-15H,16-18H2/b15-12+. The number of sulfonamides is 1. The lowest BCUT2D eigenvalue weighted by Gasteiger charge is -2.19. The van der Waals surface area contributed by atoms with Crippen LogP contribution >= 0.6 is 0 Å². The Morgan fingerprint density at radius 2 is 1.59 bits per heavy atom. The van der Waals surface area contributed by atoms with E-state index in [1.807, 2.05) is 24.3 Å². The highest BCUT2D eigenvalue weighted by Crippen LogP contribution is 2.32. The van der Waals surface area contributed by atoms with E-state index in [2.05, 4.69) is 0 Å². The summed E-state index contributed by atoms with van der Waals surface area (Å²) in [5, 5.41) is 0. The summed E-state index contributed by atoms with van der Waals surface area (Å²) in [6, 6.07) is 22.3. The molecule has 0 fully saturated rings. The molecule has 1 aliphatic rings. The Bertz CT molecular complexity index is 1270. The summed E-state index contributed by atoms with van der Waals surface area (Å²) < 4.78 is 32.5. The van der Waals surface area contributed by atoms with Crippen molar-refractivity contribution in [3.05, 3.63) is 102 Å². The van der Waals surface area contributed by atoms with E-state index in [-0.39, 0.29) is 17.3 Å². The SMILES string of the molecule is O=C(/C=C/c1ccc(S(=O)(=O)N2CCc3ccccc32)cc1)OCC(=O)c1ccccc1. The van der Waals surface area contributed by atoms with Crippen molar-refractivity contribution in [3.8, 4) is 0 Å². The van der Waals surface area contributed by atoms with Crippen LogP contribution in [0.1, 0.15) is 21.5 Å². The molecule has 0 saturated heterocycles. The van der Waals surface area contributed by atoms with Crippen molar-refractivity contribution in [2.75, 3.05) is 17.5 Å². The number of esters is 1. The first-order valence-electron chi connectivity index (χ1n) is 10.1. The Kier molecular flexibility index (Phi) is 6.18. The van der Waals surface area contributed by atoms with Crippen LogP contribution in [0.15, 0.2) is 89.8 Å². The molecular formula is C25H21NO5S. The lowest BCUT2D eigenvalue weighted by atomic mass is 10.1. The first-order valence-corrected chi connectivity index (χ1v) is 11.5. The zero-order valence-electron chi connectivity index (χ0n) is 17.2. The Morgan fingerprint density at radius 1 is 0.906 bits per heavy atom. The third kappa shape index (κ3) is 4.63. The van der Waals surface area contributed by atoms with E-state index < -0.39 is 16.0 Å². The van der Waals surface area contributed by atoms with E-state index >= 15 is 0 Å². The van der Waals surface area contributed by atoms with Gasteiger partial charge in [0.25, 0.3) is 10.0 Å². The number of hydrogen-bond acceptors (Lipinski definition) is 5. The van der Waals surface area contributed by atoms with E-state index in [0.717, 1.165) is 5.56 Å². The van der Waals surface area contributed by atoms with Crippen LogP contribution in [-0.2, 0) is 26.0 Å². The summed E-state index contributed by atoms with van der Waals surface area (Å²) in [5.74, 6) is -0.940. The average molecular weight is 448 g/mol. The fraction of sp³-hybridized carbons (Fsp3) is 0.120. The Morgan fingerprint density at radius 3 is 2.34 bits per heavy atom. The molecule has 0 unspecified atom stereocenters. The molecule has 0 aromatic heterocycles. The van der Waals surface area contributed by atoms with Gasteiger partial charge in [-0.2, -0.15) is 0 Å². The van der Waals surface area contributed by atoms with Gasteiger partial charge in [0.15, 0.2) is 12.4 Å². The normalized spacial score (nSPS) is 13.2. The molecule has 0 N–H and O–H groups in total. The van der Waals surface area contributed by atoms with Crippen molar-refractivity contribution in [2.24, 2.45) is 0 Å². The number of anilines is 1. The predicted molar refractivity (Wildman–Crippen MR) is 122 cm³/mol. The summed E-state index contributed by atoms with van der Waals surface area (Å²) in [4.78, 5) is 24.1. The highest BCUT2D eigenvalue weighted by atomic mass is 32.2. The van der Waals surface area contributed by atoms with Crippen molar-refractivity contribution >= 4 is 33.5 Å². The summed E-state index contributed by atoms with van der Waals surface area (Å²) in [7, 11) is -3.66. The summed E-state index contributed by atoms with van der Waals surface area (Å²) >= 11 is 0. The Labute approximate surface area is 186 Å². The Hall–Kier alpha value is -3.71. The van der Waals surface area contributed by atoms with Crippen LogP contribution in [-0.4, -0.2) is 33.3 Å². The molecule has 0 saturated carbocycles. The fourth-order valence-electron chi connectivity index (χ4n) is 3.49. The van der Waals surface area contributed by atoms with E-state index in [0.29, 0.717) is 29.8 Å². The zero-order valence-corrected chi connectivity index (χ0v) is 18.0. The van der Waals surface area contributed by atoms with Crippen LogP contribution < -0.4 is 4.31 Å². The number of carbonyl (C=O) groups excluding carboxylic acids is 2. The van der Waals surface area contributed by atoms with Crippen LogP contribution in [0.2, 0.25) is 0 Å². The second-order valence-electron chi connectivity index (χ2n) is 7.26. The van der Waals surface area contributed by atoms with E-state index in [1.54, 1.807) is 42.5 Å². The lowest BCUT2D eigenvalue weighted by molar-refractivity contribution is -0.136. The number of carbonyl (C=O) groups is 2. The van der Waals surface area contributed by atoms with Crippen molar-refractivity contribution < 1.29 is 22.7 Å². The lowest BCUT2D eigenvalue weighted by Crippen LogP contribution is -2.29. The zero-order chi connectivity index (χ0) is 22.6. The molecule has 7 heteroatoms. The molecule has 0 radical (unpaired) electrons. The van der Waals surface area contributed by atoms with Crippen LogP contribution in [0.3, 0.4) is 0 Å². The van der Waals surface area contributed by atoms with Gasteiger partial charge in [0.05, 0.1) is 10.6 Å². The number of ether oxygens (including phenoxy) is 1. The number of para-hydroxylation sites is 1. The largest absolute Gasteiger partial charge is 0.454 e. The molecule has 4 rings (SSSR count). The van der Waals surface area contributed by atoms with Crippen LogP contribution in [0.4, 0.5) is 5.69 Å². The van der Waals surface area contributed by atoms with Gasteiger partial charge in [0.2, 0.25) is 0 Å². The first kappa shape index (κ1) is 21.5. The molecule has 0 spiro atoms. The number of hydrogen-bond donors (Lipinski definition) is 0. The van der Waals surface area contributed by atoms with Crippen molar-refractivity contribution in [3.63, 3.8) is 0 Å². The predicted octanol–water partition coefficient (Wildman–Crippen LogP) is 3.88. The quantitative estimate of drug-likeness (QED) is 0.312. The third-order valence-electron chi connectivity index (χ3n) is 5.17. The second-order valence-corrected chi connectivity index (χ2v) is 9.12. The highest BCUT2D eigenvalue weighted by molar-refractivity contribution is 7.92. The molecular weight excluding hydrogens is 426 g/mol. The van der Waals surface area contributed by atoms with E-state index in [4.69, 9.17) is 4.74 Å². The maximum atomic E-state index is 13.0. The first-order chi connectivity index (χ1) is 15.4. The van der Waals surface area contributed by atoms with Crippen LogP contribution in [0.25, 0.3) is 6.08 Å². The second kappa shape index (κ2) is 9.20. The molecule has 6 nitrogen and oxygen atoms in total. The van der Waals surface area contributed by atoms with Gasteiger partial charge >= 0.3 is 5.97 Å². The van der Waals surface area contributed by atoms with Crippen molar-refractivity contribution in [1.29, 1.82) is 0 Å². The fourth-order valence-corrected chi connectivity index (χ4v) is 5.00. The number of rotatable bonds is 7. The number of fused-ring (bicyclic) bond motifs is 1. The number of Topliss-reactive ketones (excluding diaryl/α,β-unsaturated/α-hetero) is 1. The molecule has 32 heavy (non-hydrogen) atoms. The molecule has 1 aliphatic heterocycles. The average Bonchev–Trinajstić information content (AvgIpc) is 3.27. The van der Waals surface area contributed by atoms with Gasteiger partial charge in [0.1, 0.15) is 0 Å². The minimum atomic E-state index is -3.66. The summed E-state index contributed by atoms with van der Waals surface area (Å²) in [6.07, 6.45) is 3.40. The molecule has 0 amide bonds. The monoisotopic (exact) mass is 447 g/mol. The molecule has 0 bridgehead atoms. The van der Waals surface area contributed by atoms with Gasteiger partial charge in [0, 0.05) is 18.2 Å². The minimum absolute atomic E-state index is 0.183. The number of ketones is 1. The molecule has 162 valence electrons. The van der Waals surface area contributed by atoms with Crippen LogP contribution in [0, 0.1) is 0 Å². The van der Waals surface area contributed by atoms with Gasteiger partial charge in [-0.15, -0.1) is 0 Å². The highest BCUT2D eigenvalue weighted by Gasteiger charge is 2.30. The Balaban J connectivity index is 1.38. The van der Waals surface area contributed by atoms with E-state index in [1.165, 1.54) is 28.6 Å². The maximum absolute atomic E-state index is 13.0. The van der Waals surface area contributed by atoms with Gasteiger partial charge in [-0.3, -0.25) is 9.10 Å². The van der Waals surface area contributed by atoms with Crippen molar-refractivity contribution in [2.45, 2.75) is 11.3 Å². The van der Waals surface area contributed by atoms with Gasteiger partial charge in [-0.05, 0) is 41.8 Å². The summed E-state index contributed by atoms with van der Waals surface area (Å²) in [6.45, 7) is 0.0680. The maximum Gasteiger partial charge on any atom is 0.331 e. The number of nitrogens with zero attached hydrogens (tertiary/aromatic N) is 1. The van der Waals surface area contributed by atoms with Gasteiger partial charge < -0.3 is 4.74 Å². The molecule has 0 aliphatic carbocycles. The molecule has 3 aromatic carbocycles. The third-order valence-corrected chi connectivity index (χ3v) is 6.99. The van der Waals surface area contributed by atoms with Crippen LogP contribution in [0.5, 0.6) is 0 Å². The smallest absolute Gasteiger partial charge is 0.331 e.